The smallest absolute Gasteiger partial charge is 0.0185 e. The molecule has 0 saturated carbocycles. The van der Waals surface area contributed by atoms with Gasteiger partial charge < -0.3 is 11.1 Å². The summed E-state index contributed by atoms with van der Waals surface area (Å²) in [5.74, 6) is 2.13. The van der Waals surface area contributed by atoms with Crippen LogP contribution < -0.4 is 11.1 Å². The predicted octanol–water partition coefficient (Wildman–Crippen LogP) is 2.02. The fourth-order valence-corrected chi connectivity index (χ4v) is 1.80. The topological polar surface area (TPSA) is 38.0 Å². The quantitative estimate of drug-likeness (QED) is 0.772. The first-order valence-electron chi connectivity index (χ1n) is 5.16. The second kappa shape index (κ2) is 10.0. The van der Waals surface area contributed by atoms with Crippen molar-refractivity contribution in [3.63, 3.8) is 0 Å². The molecule has 0 aromatic heterocycles. The van der Waals surface area contributed by atoms with Crippen LogP contribution in [-0.4, -0.2) is 26.4 Å². The van der Waals surface area contributed by atoms with Gasteiger partial charge in [-0.15, -0.1) is 0 Å². The molecule has 0 aliphatic rings. The van der Waals surface area contributed by atoms with Crippen LogP contribution in [0.1, 0.15) is 11.1 Å². The summed E-state index contributed by atoms with van der Waals surface area (Å²) in [4.78, 5) is 0. The van der Waals surface area contributed by atoms with Gasteiger partial charge in [0.25, 0.3) is 0 Å². The van der Waals surface area contributed by atoms with Crippen molar-refractivity contribution < 1.29 is 0 Å². The molecule has 86 valence electrons. The van der Waals surface area contributed by atoms with E-state index in [0.29, 0.717) is 0 Å². The maximum absolute atomic E-state index is 5.40. The van der Waals surface area contributed by atoms with Gasteiger partial charge in [0, 0.05) is 18.1 Å². The van der Waals surface area contributed by atoms with Gasteiger partial charge in [-0.3, -0.25) is 0 Å². The zero-order valence-corrected chi connectivity index (χ0v) is 10.7. The van der Waals surface area contributed by atoms with Gasteiger partial charge in [-0.2, -0.15) is 11.8 Å². The molecule has 0 bridgehead atoms. The summed E-state index contributed by atoms with van der Waals surface area (Å²) in [5, 5.41) is 2.75. The number of hydrogen-bond donors (Lipinski definition) is 2. The lowest BCUT2D eigenvalue weighted by molar-refractivity contribution is 1.02. The maximum atomic E-state index is 5.40. The minimum atomic E-state index is 0.774. The Kier molecular flexibility index (Phi) is 9.68. The van der Waals surface area contributed by atoms with Crippen LogP contribution in [0.5, 0.6) is 0 Å². The third kappa shape index (κ3) is 8.48. The van der Waals surface area contributed by atoms with Gasteiger partial charge >= 0.3 is 0 Å². The van der Waals surface area contributed by atoms with Gasteiger partial charge in [0.2, 0.25) is 0 Å². The molecule has 0 radical (unpaired) electrons. The van der Waals surface area contributed by atoms with E-state index in [-0.39, 0.29) is 0 Å². The monoisotopic (exact) mass is 226 g/mol. The molecule has 0 amide bonds. The van der Waals surface area contributed by atoms with Crippen LogP contribution in [0.15, 0.2) is 24.3 Å². The van der Waals surface area contributed by atoms with Gasteiger partial charge in [0.1, 0.15) is 0 Å². The summed E-state index contributed by atoms with van der Waals surface area (Å²) in [6.45, 7) is 2.90. The molecule has 0 saturated heterocycles. The highest BCUT2D eigenvalue weighted by Gasteiger charge is 1.92. The lowest BCUT2D eigenvalue weighted by Crippen LogP contribution is -2.01. The molecule has 0 unspecified atom stereocenters. The minimum absolute atomic E-state index is 0.774. The van der Waals surface area contributed by atoms with Gasteiger partial charge in [-0.05, 0) is 26.6 Å². The lowest BCUT2D eigenvalue weighted by Gasteiger charge is -2.00. The Bertz CT molecular complexity index is 251. The van der Waals surface area contributed by atoms with Crippen LogP contribution in [0.3, 0.4) is 0 Å². The van der Waals surface area contributed by atoms with Crippen molar-refractivity contribution >= 4 is 11.8 Å². The molecule has 0 atom stereocenters. The minimum Gasteiger partial charge on any atom is -0.330 e. The second-order valence-corrected chi connectivity index (χ2v) is 4.44. The van der Waals surface area contributed by atoms with Crippen molar-refractivity contribution in [2.75, 3.05) is 26.4 Å². The Morgan fingerprint density at radius 1 is 1.33 bits per heavy atom. The summed E-state index contributed by atoms with van der Waals surface area (Å²) in [7, 11) is 3.75. The molecule has 0 aliphatic heterocycles. The molecule has 3 heteroatoms. The highest BCUT2D eigenvalue weighted by atomic mass is 32.2. The Labute approximate surface area is 97.6 Å². The van der Waals surface area contributed by atoms with Crippen LogP contribution in [0.4, 0.5) is 0 Å². The highest BCUT2D eigenvalue weighted by molar-refractivity contribution is 7.98. The van der Waals surface area contributed by atoms with Crippen molar-refractivity contribution in [3.8, 4) is 0 Å². The fourth-order valence-electron chi connectivity index (χ4n) is 1.08. The maximum Gasteiger partial charge on any atom is 0.0185 e. The highest BCUT2D eigenvalue weighted by Crippen LogP contribution is 2.12. The standard InChI is InChI=1S/C10H15NS.C2H7N/c1-9-3-2-4-10(7-9)8-12-6-5-11;1-3-2/h2-4,7H,5-6,8,11H2,1H3;3H,1-2H3. The van der Waals surface area contributed by atoms with E-state index in [1.165, 1.54) is 11.1 Å². The van der Waals surface area contributed by atoms with Crippen molar-refractivity contribution in [3.05, 3.63) is 35.4 Å². The van der Waals surface area contributed by atoms with Gasteiger partial charge in [-0.25, -0.2) is 0 Å². The molecule has 0 aliphatic carbocycles. The van der Waals surface area contributed by atoms with E-state index < -0.39 is 0 Å². The molecule has 0 spiro atoms. The van der Waals surface area contributed by atoms with Crippen molar-refractivity contribution in [1.82, 2.24) is 5.32 Å². The van der Waals surface area contributed by atoms with E-state index in [2.05, 4.69) is 36.5 Å². The summed E-state index contributed by atoms with van der Waals surface area (Å²) < 4.78 is 0. The summed E-state index contributed by atoms with van der Waals surface area (Å²) in [5.41, 5.74) is 8.13. The average Bonchev–Trinajstić information content (AvgIpc) is 2.19. The Morgan fingerprint density at radius 3 is 2.53 bits per heavy atom. The number of hydrogen-bond acceptors (Lipinski definition) is 3. The second-order valence-electron chi connectivity index (χ2n) is 3.33. The first-order valence-corrected chi connectivity index (χ1v) is 6.32. The fraction of sp³-hybridized carbons (Fsp3) is 0.500. The zero-order chi connectivity index (χ0) is 11.5. The number of nitrogens with one attached hydrogen (secondary N) is 1. The van der Waals surface area contributed by atoms with Crippen LogP contribution >= 0.6 is 11.8 Å². The van der Waals surface area contributed by atoms with Crippen LogP contribution in [-0.2, 0) is 5.75 Å². The summed E-state index contributed by atoms with van der Waals surface area (Å²) >= 11 is 1.89. The number of nitrogens with two attached hydrogens (primary N) is 1. The summed E-state index contributed by atoms with van der Waals surface area (Å²) in [6, 6.07) is 8.62. The Morgan fingerprint density at radius 2 is 2.00 bits per heavy atom. The van der Waals surface area contributed by atoms with E-state index >= 15 is 0 Å². The molecule has 0 fully saturated rings. The third-order valence-corrected chi connectivity index (χ3v) is 2.68. The predicted molar refractivity (Wildman–Crippen MR) is 71.4 cm³/mol. The largest absolute Gasteiger partial charge is 0.330 e. The van der Waals surface area contributed by atoms with Gasteiger partial charge in [0.15, 0.2) is 0 Å². The van der Waals surface area contributed by atoms with Crippen LogP contribution in [0, 0.1) is 6.92 Å². The molecule has 2 nitrogen and oxygen atoms in total. The third-order valence-electron chi connectivity index (χ3n) is 1.61. The molecule has 0 heterocycles. The van der Waals surface area contributed by atoms with Crippen molar-refractivity contribution in [1.29, 1.82) is 0 Å². The van der Waals surface area contributed by atoms with Gasteiger partial charge in [-0.1, -0.05) is 29.8 Å². The number of aryl methyl sites for hydroxylation is 1. The molecule has 15 heavy (non-hydrogen) atoms. The summed E-state index contributed by atoms with van der Waals surface area (Å²) in [6.07, 6.45) is 0. The van der Waals surface area contributed by atoms with Gasteiger partial charge in [0.05, 0.1) is 0 Å². The Balaban J connectivity index is 0.000000583. The zero-order valence-electron chi connectivity index (χ0n) is 9.92. The lowest BCUT2D eigenvalue weighted by atomic mass is 10.2. The number of rotatable bonds is 4. The van der Waals surface area contributed by atoms with E-state index in [4.69, 9.17) is 5.73 Å². The van der Waals surface area contributed by atoms with E-state index in [1.54, 1.807) is 0 Å². The molecular formula is C12H22N2S. The average molecular weight is 226 g/mol. The first-order chi connectivity index (χ1) is 7.24. The van der Waals surface area contributed by atoms with Crippen molar-refractivity contribution in [2.24, 2.45) is 5.73 Å². The van der Waals surface area contributed by atoms with E-state index in [0.717, 1.165) is 18.1 Å². The van der Waals surface area contributed by atoms with E-state index in [9.17, 15) is 0 Å². The molecule has 1 aromatic rings. The molecule has 1 rings (SSSR count). The van der Waals surface area contributed by atoms with Crippen LogP contribution in [0.25, 0.3) is 0 Å². The number of thioether (sulfide) groups is 1. The number of benzene rings is 1. The Hall–Kier alpha value is -0.510. The van der Waals surface area contributed by atoms with E-state index in [1.807, 2.05) is 25.9 Å². The SMILES string of the molecule is CNC.Cc1cccc(CSCCN)c1. The van der Waals surface area contributed by atoms with Crippen LogP contribution in [0.2, 0.25) is 0 Å². The first kappa shape index (κ1) is 14.5. The molecule has 3 N–H and O–H groups in total. The van der Waals surface area contributed by atoms with Crippen molar-refractivity contribution in [2.45, 2.75) is 12.7 Å². The molecule has 1 aromatic carbocycles. The molecular weight excluding hydrogens is 204 g/mol. The normalized spacial score (nSPS) is 9.33.